The first-order chi connectivity index (χ1) is 11.5. The van der Waals surface area contributed by atoms with E-state index in [1.165, 1.54) is 7.11 Å². The van der Waals surface area contributed by atoms with Crippen LogP contribution in [0.3, 0.4) is 0 Å². The molecule has 5 nitrogen and oxygen atoms in total. The molecular weight excluding hydrogens is 351 g/mol. The van der Waals surface area contributed by atoms with E-state index in [-0.39, 0.29) is 6.03 Å². The maximum Gasteiger partial charge on any atom is 0.337 e. The average Bonchev–Trinajstić information content (AvgIpc) is 2.57. The lowest BCUT2D eigenvalue weighted by atomic mass is 10.1. The van der Waals surface area contributed by atoms with Gasteiger partial charge in [0.15, 0.2) is 0 Å². The van der Waals surface area contributed by atoms with Crippen LogP contribution in [-0.4, -0.2) is 25.7 Å². The van der Waals surface area contributed by atoms with Crippen LogP contribution >= 0.6 is 23.2 Å². The summed E-state index contributed by atoms with van der Waals surface area (Å²) >= 11 is 11.9. The molecule has 0 atom stereocenters. The Morgan fingerprint density at radius 1 is 1.08 bits per heavy atom. The molecular formula is C17H16Cl2N2O3. The number of carbonyl (C=O) groups is 2. The van der Waals surface area contributed by atoms with E-state index in [2.05, 4.69) is 15.4 Å². The largest absolute Gasteiger partial charge is 0.465 e. The van der Waals surface area contributed by atoms with Crippen LogP contribution in [0.2, 0.25) is 10.0 Å². The smallest absolute Gasteiger partial charge is 0.337 e. The first kappa shape index (κ1) is 18.1. The molecule has 0 spiro atoms. The fraction of sp³-hybridized carbons (Fsp3) is 0.176. The van der Waals surface area contributed by atoms with Gasteiger partial charge in [0.05, 0.1) is 12.7 Å². The van der Waals surface area contributed by atoms with Crippen molar-refractivity contribution in [3.8, 4) is 0 Å². The Hall–Kier alpha value is -2.24. The predicted octanol–water partition coefficient (Wildman–Crippen LogP) is 4.14. The zero-order valence-corrected chi connectivity index (χ0v) is 14.4. The van der Waals surface area contributed by atoms with Gasteiger partial charge in [-0.2, -0.15) is 0 Å². The first-order valence-corrected chi connectivity index (χ1v) is 7.92. The Labute approximate surface area is 149 Å². The molecule has 2 aromatic rings. The van der Waals surface area contributed by atoms with Crippen LogP contribution in [0.5, 0.6) is 0 Å². The molecule has 2 rings (SSSR count). The van der Waals surface area contributed by atoms with Crippen molar-refractivity contribution in [2.75, 3.05) is 19.0 Å². The number of nitrogens with one attached hydrogen (secondary N) is 2. The molecule has 2 amide bonds. The van der Waals surface area contributed by atoms with Gasteiger partial charge in [-0.05, 0) is 48.4 Å². The van der Waals surface area contributed by atoms with Crippen molar-refractivity contribution in [3.05, 3.63) is 63.6 Å². The Balaban J connectivity index is 1.81. The Bertz CT molecular complexity index is 733. The van der Waals surface area contributed by atoms with Crippen LogP contribution in [0, 0.1) is 0 Å². The number of esters is 1. The van der Waals surface area contributed by atoms with Crippen molar-refractivity contribution in [2.45, 2.75) is 6.42 Å². The third kappa shape index (κ3) is 5.15. The van der Waals surface area contributed by atoms with Crippen LogP contribution in [0.15, 0.2) is 42.5 Å². The lowest BCUT2D eigenvalue weighted by Crippen LogP contribution is -2.30. The topological polar surface area (TPSA) is 67.4 Å². The van der Waals surface area contributed by atoms with Gasteiger partial charge >= 0.3 is 12.0 Å². The van der Waals surface area contributed by atoms with Crippen molar-refractivity contribution in [2.24, 2.45) is 0 Å². The molecule has 0 heterocycles. The fourth-order valence-electron chi connectivity index (χ4n) is 2.02. The van der Waals surface area contributed by atoms with E-state index in [9.17, 15) is 9.59 Å². The van der Waals surface area contributed by atoms with Crippen molar-refractivity contribution in [1.82, 2.24) is 5.32 Å². The maximum atomic E-state index is 11.8. The summed E-state index contributed by atoms with van der Waals surface area (Å²) in [5.74, 6) is -0.425. The molecule has 0 aliphatic rings. The van der Waals surface area contributed by atoms with Crippen molar-refractivity contribution < 1.29 is 14.3 Å². The van der Waals surface area contributed by atoms with Crippen molar-refractivity contribution in [3.63, 3.8) is 0 Å². The van der Waals surface area contributed by atoms with Crippen molar-refractivity contribution in [1.29, 1.82) is 0 Å². The number of amides is 2. The standard InChI is InChI=1S/C17H16Cl2N2O3/c1-24-16(22)12-3-6-14(7-4-12)21-17(23)20-9-8-11-2-5-13(18)10-15(11)19/h2-7,10H,8-9H2,1H3,(H2,20,21,23). The molecule has 0 aliphatic carbocycles. The van der Waals surface area contributed by atoms with E-state index < -0.39 is 5.97 Å². The van der Waals surface area contributed by atoms with Crippen LogP contribution in [0.25, 0.3) is 0 Å². The molecule has 0 bridgehead atoms. The van der Waals surface area contributed by atoms with Gasteiger partial charge in [0.25, 0.3) is 0 Å². The van der Waals surface area contributed by atoms with Gasteiger partial charge in [-0.1, -0.05) is 29.3 Å². The summed E-state index contributed by atoms with van der Waals surface area (Å²) in [6.07, 6.45) is 0.588. The number of carbonyl (C=O) groups excluding carboxylic acids is 2. The molecule has 0 saturated carbocycles. The molecule has 0 aromatic heterocycles. The summed E-state index contributed by atoms with van der Waals surface area (Å²) < 4.78 is 4.61. The number of methoxy groups -OCH3 is 1. The third-order valence-corrected chi connectivity index (χ3v) is 3.85. The van der Waals surface area contributed by atoms with Gasteiger partial charge in [-0.25, -0.2) is 9.59 Å². The van der Waals surface area contributed by atoms with E-state index in [4.69, 9.17) is 23.2 Å². The lowest BCUT2D eigenvalue weighted by Gasteiger charge is -2.09. The number of benzene rings is 2. The minimum Gasteiger partial charge on any atom is -0.465 e. The van der Waals surface area contributed by atoms with Crippen molar-refractivity contribution >= 4 is 40.9 Å². The monoisotopic (exact) mass is 366 g/mol. The van der Waals surface area contributed by atoms with Gasteiger partial charge in [-0.3, -0.25) is 0 Å². The minimum absolute atomic E-state index is 0.342. The van der Waals surface area contributed by atoms with Gasteiger partial charge in [0.2, 0.25) is 0 Å². The highest BCUT2D eigenvalue weighted by atomic mass is 35.5. The number of rotatable bonds is 5. The number of anilines is 1. The average molecular weight is 367 g/mol. The molecule has 0 aliphatic heterocycles. The van der Waals surface area contributed by atoms with E-state index >= 15 is 0 Å². The molecule has 2 N–H and O–H groups in total. The second-order valence-electron chi connectivity index (χ2n) is 4.94. The normalized spacial score (nSPS) is 10.1. The summed E-state index contributed by atoms with van der Waals surface area (Å²) in [7, 11) is 1.31. The molecule has 7 heteroatoms. The summed E-state index contributed by atoms with van der Waals surface area (Å²) in [6, 6.07) is 11.3. The molecule has 126 valence electrons. The van der Waals surface area contributed by atoms with Crippen LogP contribution in [-0.2, 0) is 11.2 Å². The summed E-state index contributed by atoms with van der Waals surface area (Å²) in [6.45, 7) is 0.424. The zero-order chi connectivity index (χ0) is 17.5. The number of ether oxygens (including phenoxy) is 1. The highest BCUT2D eigenvalue weighted by molar-refractivity contribution is 6.35. The van der Waals surface area contributed by atoms with Crippen LogP contribution in [0.1, 0.15) is 15.9 Å². The Morgan fingerprint density at radius 2 is 1.79 bits per heavy atom. The number of urea groups is 1. The number of hydrogen-bond donors (Lipinski definition) is 2. The summed E-state index contributed by atoms with van der Waals surface area (Å²) in [5, 5.41) is 6.56. The second kappa shape index (κ2) is 8.57. The van der Waals surface area contributed by atoms with E-state index in [0.717, 1.165) is 5.56 Å². The maximum absolute atomic E-state index is 11.8. The SMILES string of the molecule is COC(=O)c1ccc(NC(=O)NCCc2ccc(Cl)cc2Cl)cc1. The molecule has 0 radical (unpaired) electrons. The number of halogens is 2. The molecule has 0 saturated heterocycles. The summed E-state index contributed by atoms with van der Waals surface area (Å²) in [5.41, 5.74) is 1.90. The van der Waals surface area contributed by atoms with Gasteiger partial charge < -0.3 is 15.4 Å². The fourth-order valence-corrected chi connectivity index (χ4v) is 2.52. The van der Waals surface area contributed by atoms with E-state index in [1.54, 1.807) is 36.4 Å². The highest BCUT2D eigenvalue weighted by Gasteiger charge is 2.07. The van der Waals surface area contributed by atoms with Gasteiger partial charge in [0.1, 0.15) is 0 Å². The van der Waals surface area contributed by atoms with Crippen LogP contribution < -0.4 is 10.6 Å². The Kier molecular flexibility index (Phi) is 6.46. The van der Waals surface area contributed by atoms with Gasteiger partial charge in [0, 0.05) is 22.3 Å². The van der Waals surface area contributed by atoms with Crippen LogP contribution in [0.4, 0.5) is 10.5 Å². The lowest BCUT2D eigenvalue weighted by molar-refractivity contribution is 0.0601. The predicted molar refractivity (Wildman–Crippen MR) is 95.0 cm³/mol. The molecule has 0 fully saturated rings. The van der Waals surface area contributed by atoms with E-state index in [1.807, 2.05) is 6.07 Å². The Morgan fingerprint density at radius 3 is 2.42 bits per heavy atom. The highest BCUT2D eigenvalue weighted by Crippen LogP contribution is 2.21. The molecule has 2 aromatic carbocycles. The minimum atomic E-state index is -0.425. The molecule has 24 heavy (non-hydrogen) atoms. The second-order valence-corrected chi connectivity index (χ2v) is 5.78. The number of hydrogen-bond acceptors (Lipinski definition) is 3. The third-order valence-electron chi connectivity index (χ3n) is 3.26. The summed E-state index contributed by atoms with van der Waals surface area (Å²) in [4.78, 5) is 23.2. The van der Waals surface area contributed by atoms with Gasteiger partial charge in [-0.15, -0.1) is 0 Å². The zero-order valence-electron chi connectivity index (χ0n) is 12.9. The first-order valence-electron chi connectivity index (χ1n) is 7.17. The molecule has 0 unspecified atom stereocenters. The quantitative estimate of drug-likeness (QED) is 0.781. The van der Waals surface area contributed by atoms with E-state index in [0.29, 0.717) is 34.3 Å².